The maximum absolute atomic E-state index is 12.9. The number of halogens is 1. The van der Waals surface area contributed by atoms with E-state index in [1.165, 1.54) is 30.3 Å². The molecular formula is C18H17FN2O3. The van der Waals surface area contributed by atoms with E-state index in [9.17, 15) is 19.1 Å². The van der Waals surface area contributed by atoms with Gasteiger partial charge in [-0.05, 0) is 36.4 Å². The van der Waals surface area contributed by atoms with Crippen LogP contribution in [0.25, 0.3) is 0 Å². The molecule has 0 radical (unpaired) electrons. The fourth-order valence-electron chi connectivity index (χ4n) is 2.71. The minimum atomic E-state index is -0.385. The number of hydrogen-bond donors (Lipinski definition) is 1. The van der Waals surface area contributed by atoms with Crippen molar-refractivity contribution in [3.8, 4) is 5.75 Å². The lowest BCUT2D eigenvalue weighted by Gasteiger charge is -2.35. The Morgan fingerprint density at radius 2 is 1.38 bits per heavy atom. The highest BCUT2D eigenvalue weighted by atomic mass is 19.1. The van der Waals surface area contributed by atoms with E-state index in [1.807, 2.05) is 0 Å². The van der Waals surface area contributed by atoms with Crippen molar-refractivity contribution in [2.24, 2.45) is 0 Å². The van der Waals surface area contributed by atoms with Crippen molar-refractivity contribution in [2.45, 2.75) is 0 Å². The number of benzene rings is 2. The molecule has 5 nitrogen and oxygen atoms in total. The topological polar surface area (TPSA) is 60.9 Å². The molecule has 2 aromatic rings. The number of hydrogen-bond acceptors (Lipinski definition) is 3. The van der Waals surface area contributed by atoms with E-state index in [1.54, 1.807) is 28.0 Å². The maximum Gasteiger partial charge on any atom is 0.257 e. The number of piperazine rings is 1. The summed E-state index contributed by atoms with van der Waals surface area (Å²) in [6.45, 7) is 1.57. The number of phenols is 1. The molecule has 124 valence electrons. The van der Waals surface area contributed by atoms with Gasteiger partial charge in [0, 0.05) is 31.7 Å². The first kappa shape index (κ1) is 16.0. The summed E-state index contributed by atoms with van der Waals surface area (Å²) in [5.41, 5.74) is 0.688. The minimum absolute atomic E-state index is 0.0488. The molecular weight excluding hydrogens is 311 g/mol. The van der Waals surface area contributed by atoms with Crippen LogP contribution in [0.3, 0.4) is 0 Å². The van der Waals surface area contributed by atoms with Crippen molar-refractivity contribution in [1.29, 1.82) is 0 Å². The monoisotopic (exact) mass is 328 g/mol. The SMILES string of the molecule is O=C(c1ccc(F)cc1)N1CCN(C(=O)c2ccccc2O)CC1. The number of phenolic OH excluding ortho intramolecular Hbond substituents is 1. The number of para-hydroxylation sites is 1. The second kappa shape index (κ2) is 6.70. The Bertz CT molecular complexity index is 753. The van der Waals surface area contributed by atoms with E-state index in [0.717, 1.165) is 0 Å². The van der Waals surface area contributed by atoms with Crippen LogP contribution in [-0.2, 0) is 0 Å². The fourth-order valence-corrected chi connectivity index (χ4v) is 2.71. The Kier molecular flexibility index (Phi) is 4.46. The van der Waals surface area contributed by atoms with Crippen molar-refractivity contribution in [1.82, 2.24) is 9.80 Å². The lowest BCUT2D eigenvalue weighted by atomic mass is 10.1. The van der Waals surface area contributed by atoms with Gasteiger partial charge in [0.25, 0.3) is 11.8 Å². The summed E-state index contributed by atoms with van der Waals surface area (Å²) in [6, 6.07) is 11.8. The summed E-state index contributed by atoms with van der Waals surface area (Å²) in [6.07, 6.45) is 0. The number of nitrogens with zero attached hydrogens (tertiary/aromatic N) is 2. The Labute approximate surface area is 138 Å². The van der Waals surface area contributed by atoms with Crippen LogP contribution >= 0.6 is 0 Å². The van der Waals surface area contributed by atoms with Crippen molar-refractivity contribution < 1.29 is 19.1 Å². The van der Waals surface area contributed by atoms with Crippen molar-refractivity contribution in [2.75, 3.05) is 26.2 Å². The molecule has 0 aliphatic carbocycles. The molecule has 1 aliphatic rings. The van der Waals surface area contributed by atoms with E-state index in [0.29, 0.717) is 31.7 Å². The first-order valence-electron chi connectivity index (χ1n) is 7.68. The first-order chi connectivity index (χ1) is 11.6. The molecule has 3 rings (SSSR count). The zero-order chi connectivity index (χ0) is 17.1. The van der Waals surface area contributed by atoms with Crippen LogP contribution in [0, 0.1) is 5.82 Å². The van der Waals surface area contributed by atoms with E-state index in [2.05, 4.69) is 0 Å². The van der Waals surface area contributed by atoms with Gasteiger partial charge in [0.1, 0.15) is 11.6 Å². The number of carbonyl (C=O) groups excluding carboxylic acids is 2. The zero-order valence-corrected chi connectivity index (χ0v) is 13.0. The van der Waals surface area contributed by atoms with Crippen LogP contribution in [0.15, 0.2) is 48.5 Å². The highest BCUT2D eigenvalue weighted by molar-refractivity contribution is 5.97. The Balaban J connectivity index is 1.63. The molecule has 0 saturated carbocycles. The van der Waals surface area contributed by atoms with Crippen molar-refractivity contribution in [3.05, 3.63) is 65.5 Å². The molecule has 0 unspecified atom stereocenters. The minimum Gasteiger partial charge on any atom is -0.507 e. The van der Waals surface area contributed by atoms with Crippen LogP contribution in [0.2, 0.25) is 0 Å². The molecule has 0 aromatic heterocycles. The molecule has 2 aromatic carbocycles. The predicted octanol–water partition coefficient (Wildman–Crippen LogP) is 2.13. The normalized spacial score (nSPS) is 14.5. The van der Waals surface area contributed by atoms with Gasteiger partial charge in [-0.2, -0.15) is 0 Å². The lowest BCUT2D eigenvalue weighted by molar-refractivity contribution is 0.0533. The summed E-state index contributed by atoms with van der Waals surface area (Å²) in [7, 11) is 0. The van der Waals surface area contributed by atoms with Gasteiger partial charge in [-0.1, -0.05) is 12.1 Å². The summed E-state index contributed by atoms with van der Waals surface area (Å²) >= 11 is 0. The third-order valence-electron chi connectivity index (χ3n) is 4.08. The number of aromatic hydroxyl groups is 1. The predicted molar refractivity (Wildman–Crippen MR) is 86.3 cm³/mol. The number of amides is 2. The highest BCUT2D eigenvalue weighted by Crippen LogP contribution is 2.19. The third-order valence-corrected chi connectivity index (χ3v) is 4.08. The van der Waals surface area contributed by atoms with E-state index in [4.69, 9.17) is 0 Å². The Morgan fingerprint density at radius 1 is 0.833 bits per heavy atom. The van der Waals surface area contributed by atoms with Crippen LogP contribution in [-0.4, -0.2) is 52.9 Å². The quantitative estimate of drug-likeness (QED) is 0.919. The molecule has 2 amide bonds. The Hall–Kier alpha value is -2.89. The van der Waals surface area contributed by atoms with Crippen LogP contribution in [0.5, 0.6) is 5.75 Å². The molecule has 0 spiro atoms. The maximum atomic E-state index is 12.9. The average Bonchev–Trinajstić information content (AvgIpc) is 2.62. The van der Waals surface area contributed by atoms with Gasteiger partial charge < -0.3 is 14.9 Å². The van der Waals surface area contributed by atoms with Gasteiger partial charge in [-0.15, -0.1) is 0 Å². The molecule has 24 heavy (non-hydrogen) atoms. The lowest BCUT2D eigenvalue weighted by Crippen LogP contribution is -2.50. The van der Waals surface area contributed by atoms with Gasteiger partial charge in [-0.25, -0.2) is 4.39 Å². The molecule has 0 atom stereocenters. The second-order valence-electron chi connectivity index (χ2n) is 5.61. The molecule has 6 heteroatoms. The largest absolute Gasteiger partial charge is 0.507 e. The van der Waals surface area contributed by atoms with Gasteiger partial charge >= 0.3 is 0 Å². The number of carbonyl (C=O) groups is 2. The summed E-state index contributed by atoms with van der Waals surface area (Å²) in [5.74, 6) is -0.858. The third kappa shape index (κ3) is 3.22. The highest BCUT2D eigenvalue weighted by Gasteiger charge is 2.26. The molecule has 1 N–H and O–H groups in total. The molecule has 1 saturated heterocycles. The fraction of sp³-hybridized carbons (Fsp3) is 0.222. The van der Waals surface area contributed by atoms with E-state index < -0.39 is 0 Å². The summed E-state index contributed by atoms with van der Waals surface area (Å²) < 4.78 is 12.9. The molecule has 1 aliphatic heterocycles. The van der Waals surface area contributed by atoms with E-state index >= 15 is 0 Å². The smallest absolute Gasteiger partial charge is 0.257 e. The van der Waals surface area contributed by atoms with Crippen LogP contribution < -0.4 is 0 Å². The molecule has 1 heterocycles. The van der Waals surface area contributed by atoms with Gasteiger partial charge in [-0.3, -0.25) is 9.59 Å². The van der Waals surface area contributed by atoms with Gasteiger partial charge in [0.2, 0.25) is 0 Å². The average molecular weight is 328 g/mol. The summed E-state index contributed by atoms with van der Waals surface area (Å²) in [4.78, 5) is 28.1. The summed E-state index contributed by atoms with van der Waals surface area (Å²) in [5, 5.41) is 9.78. The second-order valence-corrected chi connectivity index (χ2v) is 5.61. The van der Waals surface area contributed by atoms with Crippen LogP contribution in [0.1, 0.15) is 20.7 Å². The standard InChI is InChI=1S/C18H17FN2O3/c19-14-7-5-13(6-8-14)17(23)20-9-11-21(12-10-20)18(24)15-3-1-2-4-16(15)22/h1-8,22H,9-12H2. The van der Waals surface area contributed by atoms with E-state index in [-0.39, 0.29) is 28.9 Å². The van der Waals surface area contributed by atoms with Crippen molar-refractivity contribution in [3.63, 3.8) is 0 Å². The van der Waals surface area contributed by atoms with Gasteiger partial charge in [0.05, 0.1) is 5.56 Å². The zero-order valence-electron chi connectivity index (χ0n) is 13.0. The Morgan fingerprint density at radius 3 is 1.96 bits per heavy atom. The van der Waals surface area contributed by atoms with Gasteiger partial charge in [0.15, 0.2) is 0 Å². The first-order valence-corrected chi connectivity index (χ1v) is 7.68. The molecule has 0 bridgehead atoms. The van der Waals surface area contributed by atoms with Crippen LogP contribution in [0.4, 0.5) is 4.39 Å². The molecule has 1 fully saturated rings. The number of rotatable bonds is 2. The van der Waals surface area contributed by atoms with Crippen molar-refractivity contribution >= 4 is 11.8 Å².